The molecule has 0 radical (unpaired) electrons. The van der Waals surface area contributed by atoms with Gasteiger partial charge in [-0.15, -0.1) is 11.3 Å². The van der Waals surface area contributed by atoms with E-state index in [1.54, 1.807) is 11.3 Å². The Morgan fingerprint density at radius 2 is 1.95 bits per heavy atom. The molecule has 0 bridgehead atoms. The second kappa shape index (κ2) is 5.20. The van der Waals surface area contributed by atoms with Gasteiger partial charge in [-0.05, 0) is 37.0 Å². The largest absolute Gasteiger partial charge is 0.271 e. The van der Waals surface area contributed by atoms with Crippen LogP contribution in [0.1, 0.15) is 33.3 Å². The van der Waals surface area contributed by atoms with E-state index in [0.29, 0.717) is 0 Å². The normalized spacial score (nSPS) is 15.4. The van der Waals surface area contributed by atoms with Crippen LogP contribution < -0.4 is 11.3 Å². The van der Waals surface area contributed by atoms with Gasteiger partial charge in [-0.3, -0.25) is 5.84 Å². The summed E-state index contributed by atoms with van der Waals surface area (Å²) in [6.45, 7) is 0. The van der Waals surface area contributed by atoms with Crippen LogP contribution in [0.15, 0.2) is 18.2 Å². The van der Waals surface area contributed by atoms with Gasteiger partial charge in [0.2, 0.25) is 0 Å². The summed E-state index contributed by atoms with van der Waals surface area (Å²) in [5, 5.41) is 0. The lowest BCUT2D eigenvalue weighted by Crippen LogP contribution is -2.29. The molecule has 1 atom stereocenters. The van der Waals surface area contributed by atoms with E-state index in [4.69, 9.17) is 5.84 Å². The molecule has 3 rings (SSSR count). The number of nitrogens with one attached hydrogen (secondary N) is 1. The van der Waals surface area contributed by atoms with E-state index in [-0.39, 0.29) is 5.56 Å². The van der Waals surface area contributed by atoms with Crippen LogP contribution in [-0.2, 0) is 12.8 Å². The minimum atomic E-state index is -1.47. The number of nitrogens with two attached hydrogens (primary N) is 1. The maximum atomic E-state index is 13.9. The van der Waals surface area contributed by atoms with Gasteiger partial charge in [-0.25, -0.2) is 18.6 Å². The summed E-state index contributed by atoms with van der Waals surface area (Å²) < 4.78 is 40.2. The van der Waals surface area contributed by atoms with Gasteiger partial charge in [-0.2, -0.15) is 0 Å². The Bertz CT molecular complexity index is 633. The van der Waals surface area contributed by atoms with Gasteiger partial charge in [-0.1, -0.05) is 6.07 Å². The molecule has 0 fully saturated rings. The third kappa shape index (κ3) is 2.13. The summed E-state index contributed by atoms with van der Waals surface area (Å²) in [6.07, 6.45) is 3.14. The fourth-order valence-electron chi connectivity index (χ4n) is 2.58. The van der Waals surface area contributed by atoms with Crippen molar-refractivity contribution in [3.05, 3.63) is 56.5 Å². The lowest BCUT2D eigenvalue weighted by atomic mass is 10.0. The summed E-state index contributed by atoms with van der Waals surface area (Å²) in [4.78, 5) is 2.09. The monoisotopic (exact) mass is 298 g/mol. The lowest BCUT2D eigenvalue weighted by molar-refractivity contribution is 0.434. The van der Waals surface area contributed by atoms with Gasteiger partial charge >= 0.3 is 0 Å². The Kier molecular flexibility index (Phi) is 3.54. The van der Waals surface area contributed by atoms with Crippen LogP contribution in [0.25, 0.3) is 0 Å². The maximum absolute atomic E-state index is 13.9. The van der Waals surface area contributed by atoms with Gasteiger partial charge in [0, 0.05) is 15.3 Å². The number of benzene rings is 1. The van der Waals surface area contributed by atoms with E-state index in [0.717, 1.165) is 30.2 Å². The summed E-state index contributed by atoms with van der Waals surface area (Å²) in [5.41, 5.74) is 3.76. The van der Waals surface area contributed by atoms with Crippen molar-refractivity contribution in [2.45, 2.75) is 25.3 Å². The highest BCUT2D eigenvalue weighted by Crippen LogP contribution is 2.36. The molecule has 0 spiro atoms. The fraction of sp³-hybridized carbons (Fsp3) is 0.286. The number of halogens is 3. The zero-order chi connectivity index (χ0) is 14.3. The average molecular weight is 298 g/mol. The SMILES string of the molecule is NNC(c1cc2c(s1)CCC2)c1ccc(F)c(F)c1F. The number of aryl methyl sites for hydroxylation is 2. The molecule has 1 aliphatic rings. The van der Waals surface area contributed by atoms with Crippen LogP contribution in [0, 0.1) is 17.5 Å². The van der Waals surface area contributed by atoms with Crippen LogP contribution >= 0.6 is 11.3 Å². The van der Waals surface area contributed by atoms with Crippen molar-refractivity contribution in [2.75, 3.05) is 0 Å². The molecule has 20 heavy (non-hydrogen) atoms. The van der Waals surface area contributed by atoms with Crippen LogP contribution in [0.4, 0.5) is 13.2 Å². The molecular weight excluding hydrogens is 285 g/mol. The molecule has 1 aliphatic carbocycles. The minimum absolute atomic E-state index is 0.0197. The Labute approximate surface area is 118 Å². The molecule has 0 saturated heterocycles. The molecule has 6 heteroatoms. The van der Waals surface area contributed by atoms with E-state index in [1.165, 1.54) is 16.5 Å². The predicted molar refractivity (Wildman–Crippen MR) is 71.8 cm³/mol. The van der Waals surface area contributed by atoms with Crippen LogP contribution in [0.5, 0.6) is 0 Å². The molecule has 1 heterocycles. The van der Waals surface area contributed by atoms with E-state index in [2.05, 4.69) is 5.43 Å². The predicted octanol–water partition coefficient (Wildman–Crippen LogP) is 3.21. The maximum Gasteiger partial charge on any atom is 0.194 e. The van der Waals surface area contributed by atoms with Gasteiger partial charge in [0.05, 0.1) is 6.04 Å². The van der Waals surface area contributed by atoms with Crippen molar-refractivity contribution in [1.82, 2.24) is 5.43 Å². The molecule has 0 amide bonds. The first-order valence-corrected chi connectivity index (χ1v) is 7.14. The molecule has 0 saturated carbocycles. The molecule has 1 unspecified atom stereocenters. The second-order valence-corrected chi connectivity index (χ2v) is 5.98. The van der Waals surface area contributed by atoms with E-state index in [9.17, 15) is 13.2 Å². The molecule has 1 aromatic heterocycles. The average Bonchev–Trinajstić information content (AvgIpc) is 3.00. The van der Waals surface area contributed by atoms with Crippen molar-refractivity contribution >= 4 is 11.3 Å². The zero-order valence-electron chi connectivity index (χ0n) is 10.6. The first-order valence-electron chi connectivity index (χ1n) is 6.33. The number of hydrogen-bond acceptors (Lipinski definition) is 3. The molecule has 1 aromatic carbocycles. The van der Waals surface area contributed by atoms with Gasteiger partial charge < -0.3 is 0 Å². The second-order valence-electron chi connectivity index (χ2n) is 4.81. The Morgan fingerprint density at radius 3 is 2.65 bits per heavy atom. The van der Waals surface area contributed by atoms with Crippen molar-refractivity contribution in [3.8, 4) is 0 Å². The van der Waals surface area contributed by atoms with Gasteiger partial charge in [0.25, 0.3) is 0 Å². The van der Waals surface area contributed by atoms with E-state index < -0.39 is 23.5 Å². The number of thiophene rings is 1. The number of hydrazine groups is 1. The minimum Gasteiger partial charge on any atom is -0.271 e. The van der Waals surface area contributed by atoms with Crippen molar-refractivity contribution in [3.63, 3.8) is 0 Å². The topological polar surface area (TPSA) is 38.0 Å². The van der Waals surface area contributed by atoms with E-state index in [1.807, 2.05) is 6.07 Å². The Hall–Kier alpha value is -1.37. The number of fused-ring (bicyclic) bond motifs is 1. The highest BCUT2D eigenvalue weighted by Gasteiger charge is 2.25. The Morgan fingerprint density at radius 1 is 1.15 bits per heavy atom. The molecular formula is C14H13F3N2S. The van der Waals surface area contributed by atoms with Crippen LogP contribution in [0.2, 0.25) is 0 Å². The highest BCUT2D eigenvalue weighted by molar-refractivity contribution is 7.12. The van der Waals surface area contributed by atoms with Crippen molar-refractivity contribution in [2.24, 2.45) is 5.84 Å². The third-order valence-corrected chi connectivity index (χ3v) is 4.89. The van der Waals surface area contributed by atoms with Gasteiger partial charge in [0.1, 0.15) is 0 Å². The summed E-state index contributed by atoms with van der Waals surface area (Å²) >= 11 is 1.54. The fourth-order valence-corrected chi connectivity index (χ4v) is 3.92. The zero-order valence-corrected chi connectivity index (χ0v) is 11.4. The smallest absolute Gasteiger partial charge is 0.194 e. The third-order valence-electron chi connectivity index (χ3n) is 3.59. The van der Waals surface area contributed by atoms with Crippen LogP contribution in [0.3, 0.4) is 0 Å². The van der Waals surface area contributed by atoms with Crippen molar-refractivity contribution < 1.29 is 13.2 Å². The first-order chi connectivity index (χ1) is 9.61. The molecule has 0 aliphatic heterocycles. The Balaban J connectivity index is 2.03. The number of hydrogen-bond donors (Lipinski definition) is 2. The lowest BCUT2D eigenvalue weighted by Gasteiger charge is -2.16. The highest BCUT2D eigenvalue weighted by atomic mass is 32.1. The summed E-state index contributed by atoms with van der Waals surface area (Å²) in [7, 11) is 0. The summed E-state index contributed by atoms with van der Waals surface area (Å²) in [6, 6.07) is 3.45. The number of rotatable bonds is 3. The standard InChI is InChI=1S/C14H13F3N2S/c15-9-5-4-8(12(16)13(9)17)14(19-18)11-6-7-2-1-3-10(7)20-11/h4-6,14,19H,1-3,18H2. The van der Waals surface area contributed by atoms with Gasteiger partial charge in [0.15, 0.2) is 17.5 Å². The molecule has 2 aromatic rings. The first kappa shape index (κ1) is 13.6. The molecule has 106 valence electrons. The molecule has 2 nitrogen and oxygen atoms in total. The van der Waals surface area contributed by atoms with Crippen molar-refractivity contribution in [1.29, 1.82) is 0 Å². The molecule has 3 N–H and O–H groups in total. The quantitative estimate of drug-likeness (QED) is 0.519. The summed E-state index contributed by atoms with van der Waals surface area (Å²) in [5.74, 6) is 1.63. The van der Waals surface area contributed by atoms with E-state index >= 15 is 0 Å². The van der Waals surface area contributed by atoms with Crippen LogP contribution in [-0.4, -0.2) is 0 Å².